The third-order valence-electron chi connectivity index (χ3n) is 2.03. The molecule has 3 nitrogen and oxygen atoms in total. The van der Waals surface area contributed by atoms with E-state index in [4.69, 9.17) is 10.8 Å². The lowest BCUT2D eigenvalue weighted by Crippen LogP contribution is -1.96. The molecule has 1 aromatic rings. The Bertz CT molecular complexity index is 316. The third kappa shape index (κ3) is 10.7. The maximum Gasteiger partial charge on any atom is 0.328 e. The van der Waals surface area contributed by atoms with Crippen LogP contribution in [0.1, 0.15) is 31.7 Å². The van der Waals surface area contributed by atoms with Crippen LogP contribution in [0.5, 0.6) is 0 Å². The molecule has 17 heavy (non-hydrogen) atoms. The zero-order chi connectivity index (χ0) is 12.9. The van der Waals surface area contributed by atoms with Gasteiger partial charge < -0.3 is 10.8 Å². The monoisotopic (exact) mass is 235 g/mol. The highest BCUT2D eigenvalue weighted by atomic mass is 16.4. The number of carboxylic acids is 1. The molecule has 0 aliphatic carbocycles. The second-order valence-corrected chi connectivity index (χ2v) is 3.58. The molecule has 1 rings (SSSR count). The van der Waals surface area contributed by atoms with Gasteiger partial charge in [-0.05, 0) is 24.6 Å². The molecule has 94 valence electrons. The predicted octanol–water partition coefficient (Wildman–Crippen LogP) is 2.92. The van der Waals surface area contributed by atoms with Crippen molar-refractivity contribution in [2.24, 2.45) is 5.73 Å². The minimum atomic E-state index is -0.922. The van der Waals surface area contributed by atoms with Crippen LogP contribution in [0.25, 0.3) is 6.08 Å². The number of hydrogen-bond donors (Lipinski definition) is 2. The first-order chi connectivity index (χ1) is 8.20. The number of unbranched alkanes of at least 4 members (excludes halogenated alkanes) is 2. The molecule has 3 N–H and O–H groups in total. The number of aliphatic carboxylic acids is 1. The van der Waals surface area contributed by atoms with E-state index in [0.717, 1.165) is 18.2 Å². The molecule has 0 radical (unpaired) electrons. The van der Waals surface area contributed by atoms with Gasteiger partial charge in [0.2, 0.25) is 0 Å². The number of carboxylic acid groups (broad SMARTS) is 1. The summed E-state index contributed by atoms with van der Waals surface area (Å²) in [4.78, 5) is 10.1. The molecule has 0 atom stereocenters. The van der Waals surface area contributed by atoms with Crippen LogP contribution in [0.3, 0.4) is 0 Å². The molecule has 0 aliphatic rings. The van der Waals surface area contributed by atoms with Crippen LogP contribution >= 0.6 is 0 Å². The Kier molecular flexibility index (Phi) is 9.86. The van der Waals surface area contributed by atoms with E-state index in [1.807, 2.05) is 30.3 Å². The van der Waals surface area contributed by atoms with Crippen molar-refractivity contribution in [2.75, 3.05) is 6.54 Å². The van der Waals surface area contributed by atoms with E-state index in [1.54, 1.807) is 6.08 Å². The molecule has 3 heteroatoms. The van der Waals surface area contributed by atoms with E-state index >= 15 is 0 Å². The quantitative estimate of drug-likeness (QED) is 0.609. The molecule has 0 fully saturated rings. The lowest BCUT2D eigenvalue weighted by molar-refractivity contribution is -0.131. The summed E-state index contributed by atoms with van der Waals surface area (Å²) in [5.41, 5.74) is 6.11. The average molecular weight is 235 g/mol. The maximum atomic E-state index is 10.1. The Morgan fingerprint density at radius 1 is 1.29 bits per heavy atom. The van der Waals surface area contributed by atoms with Crippen LogP contribution in [0.2, 0.25) is 0 Å². The Morgan fingerprint density at radius 3 is 2.35 bits per heavy atom. The van der Waals surface area contributed by atoms with Gasteiger partial charge in [-0.3, -0.25) is 0 Å². The summed E-state index contributed by atoms with van der Waals surface area (Å²) in [5.74, 6) is -0.922. The van der Waals surface area contributed by atoms with Crippen molar-refractivity contribution in [1.82, 2.24) is 0 Å². The summed E-state index contributed by atoms with van der Waals surface area (Å²) in [6.45, 7) is 3.03. The van der Waals surface area contributed by atoms with Gasteiger partial charge in [0.05, 0.1) is 0 Å². The summed E-state index contributed by atoms with van der Waals surface area (Å²) in [7, 11) is 0. The first kappa shape index (κ1) is 15.4. The van der Waals surface area contributed by atoms with Crippen LogP contribution in [0.4, 0.5) is 0 Å². The Balaban J connectivity index is 0.000000366. The Labute approximate surface area is 103 Å². The second-order valence-electron chi connectivity index (χ2n) is 3.58. The van der Waals surface area contributed by atoms with Gasteiger partial charge in [0, 0.05) is 6.08 Å². The fourth-order valence-electron chi connectivity index (χ4n) is 1.13. The van der Waals surface area contributed by atoms with Gasteiger partial charge in [-0.2, -0.15) is 0 Å². The van der Waals surface area contributed by atoms with Crippen molar-refractivity contribution in [3.05, 3.63) is 42.0 Å². The summed E-state index contributed by atoms with van der Waals surface area (Å²) >= 11 is 0. The second kappa shape index (κ2) is 10.9. The van der Waals surface area contributed by atoms with Crippen molar-refractivity contribution in [1.29, 1.82) is 0 Å². The van der Waals surface area contributed by atoms with E-state index in [2.05, 4.69) is 6.92 Å². The number of hydrogen-bond acceptors (Lipinski definition) is 2. The highest BCUT2D eigenvalue weighted by Gasteiger charge is 1.85. The number of nitrogens with two attached hydrogens (primary N) is 1. The fraction of sp³-hybridized carbons (Fsp3) is 0.357. The summed E-state index contributed by atoms with van der Waals surface area (Å²) in [6, 6.07) is 9.31. The van der Waals surface area contributed by atoms with Crippen LogP contribution < -0.4 is 5.73 Å². The van der Waals surface area contributed by atoms with E-state index < -0.39 is 5.97 Å². The SMILES string of the molecule is CCCCCN.O=C(O)C=Cc1ccccc1. The summed E-state index contributed by atoms with van der Waals surface area (Å²) in [6.07, 6.45) is 6.43. The highest BCUT2D eigenvalue weighted by Crippen LogP contribution is 1.99. The number of carbonyl (C=O) groups is 1. The highest BCUT2D eigenvalue weighted by molar-refractivity contribution is 5.85. The van der Waals surface area contributed by atoms with E-state index in [-0.39, 0.29) is 0 Å². The molecule has 0 saturated carbocycles. The number of benzene rings is 1. The summed E-state index contributed by atoms with van der Waals surface area (Å²) in [5, 5.41) is 8.29. The van der Waals surface area contributed by atoms with Crippen LogP contribution in [-0.4, -0.2) is 17.6 Å². The standard InChI is InChI=1S/C9H8O2.C5H13N/c10-9(11)7-6-8-4-2-1-3-5-8;1-2-3-4-5-6/h1-7H,(H,10,11);2-6H2,1H3. The van der Waals surface area contributed by atoms with Gasteiger partial charge in [0.1, 0.15) is 0 Å². The van der Waals surface area contributed by atoms with Crippen molar-refractivity contribution < 1.29 is 9.90 Å². The normalized spacial score (nSPS) is 9.76. The van der Waals surface area contributed by atoms with Gasteiger partial charge >= 0.3 is 5.97 Å². The first-order valence-corrected chi connectivity index (χ1v) is 5.86. The Hall–Kier alpha value is -1.61. The average Bonchev–Trinajstić information content (AvgIpc) is 2.36. The molecule has 0 unspecified atom stereocenters. The smallest absolute Gasteiger partial charge is 0.328 e. The molecule has 0 spiro atoms. The van der Waals surface area contributed by atoms with Crippen LogP contribution in [0, 0.1) is 0 Å². The van der Waals surface area contributed by atoms with Crippen molar-refractivity contribution >= 4 is 12.0 Å². The molecule has 0 saturated heterocycles. The van der Waals surface area contributed by atoms with Crippen molar-refractivity contribution in [3.63, 3.8) is 0 Å². The van der Waals surface area contributed by atoms with E-state index in [1.165, 1.54) is 19.3 Å². The molecule has 0 aromatic heterocycles. The van der Waals surface area contributed by atoms with Crippen molar-refractivity contribution in [2.45, 2.75) is 26.2 Å². The van der Waals surface area contributed by atoms with Crippen LogP contribution in [0.15, 0.2) is 36.4 Å². The van der Waals surface area contributed by atoms with E-state index in [9.17, 15) is 4.79 Å². The van der Waals surface area contributed by atoms with Crippen LogP contribution in [-0.2, 0) is 4.79 Å². The van der Waals surface area contributed by atoms with Gasteiger partial charge in [-0.15, -0.1) is 0 Å². The predicted molar refractivity (Wildman–Crippen MR) is 71.7 cm³/mol. The third-order valence-corrected chi connectivity index (χ3v) is 2.03. The first-order valence-electron chi connectivity index (χ1n) is 5.86. The zero-order valence-electron chi connectivity index (χ0n) is 10.3. The fourth-order valence-corrected chi connectivity index (χ4v) is 1.13. The number of rotatable bonds is 5. The molecular formula is C14H21NO2. The molecule has 0 amide bonds. The summed E-state index contributed by atoms with van der Waals surface area (Å²) < 4.78 is 0. The van der Waals surface area contributed by atoms with Gasteiger partial charge in [-0.25, -0.2) is 4.79 Å². The Morgan fingerprint density at radius 2 is 1.94 bits per heavy atom. The van der Waals surface area contributed by atoms with Gasteiger partial charge in [0.25, 0.3) is 0 Å². The molecular weight excluding hydrogens is 214 g/mol. The van der Waals surface area contributed by atoms with Gasteiger partial charge in [0.15, 0.2) is 0 Å². The van der Waals surface area contributed by atoms with E-state index in [0.29, 0.717) is 0 Å². The van der Waals surface area contributed by atoms with Gasteiger partial charge in [-0.1, -0.05) is 50.1 Å². The molecule has 0 heterocycles. The molecule has 1 aromatic carbocycles. The molecule has 0 aliphatic heterocycles. The molecule has 0 bridgehead atoms. The minimum Gasteiger partial charge on any atom is -0.478 e. The zero-order valence-corrected chi connectivity index (χ0v) is 10.3. The topological polar surface area (TPSA) is 63.3 Å². The largest absolute Gasteiger partial charge is 0.478 e. The minimum absolute atomic E-state index is 0.855. The van der Waals surface area contributed by atoms with Crippen molar-refractivity contribution in [3.8, 4) is 0 Å². The lowest BCUT2D eigenvalue weighted by atomic mass is 10.2. The lowest BCUT2D eigenvalue weighted by Gasteiger charge is -1.87. The maximum absolute atomic E-state index is 10.1.